The van der Waals surface area contributed by atoms with E-state index in [1.54, 1.807) is 0 Å². The third kappa shape index (κ3) is 1.37. The molecule has 1 saturated heterocycles. The molecule has 0 aromatic heterocycles. The van der Waals surface area contributed by atoms with Gasteiger partial charge in [0.1, 0.15) is 0 Å². The maximum Gasteiger partial charge on any atom is 0.0741 e. The predicted octanol–water partition coefficient (Wildman–Crippen LogP) is 0.245. The summed E-state index contributed by atoms with van der Waals surface area (Å²) in [5.41, 5.74) is 5.88. The number of nitrogens with two attached hydrogens (primary N) is 1. The van der Waals surface area contributed by atoms with E-state index in [0.717, 1.165) is 19.1 Å². The maximum atomic E-state index is 5.79. The molecule has 2 unspecified atom stereocenters. The summed E-state index contributed by atoms with van der Waals surface area (Å²) < 4.78 is 5.55. The molecule has 1 aliphatic carbocycles. The predicted molar refractivity (Wildman–Crippen MR) is 48.0 cm³/mol. The van der Waals surface area contributed by atoms with Gasteiger partial charge in [-0.3, -0.25) is 0 Å². The first-order valence-electron chi connectivity index (χ1n) is 4.86. The van der Waals surface area contributed by atoms with E-state index in [2.05, 4.69) is 12.2 Å². The largest absolute Gasteiger partial charge is 0.376 e. The Morgan fingerprint density at radius 1 is 1.58 bits per heavy atom. The van der Waals surface area contributed by atoms with Gasteiger partial charge in [0.15, 0.2) is 0 Å². The van der Waals surface area contributed by atoms with Crippen LogP contribution in [-0.4, -0.2) is 30.8 Å². The van der Waals surface area contributed by atoms with E-state index in [0.29, 0.717) is 6.54 Å². The number of hydrogen-bond acceptors (Lipinski definition) is 3. The zero-order valence-electron chi connectivity index (χ0n) is 7.68. The van der Waals surface area contributed by atoms with E-state index in [1.807, 2.05) is 0 Å². The Morgan fingerprint density at radius 2 is 2.33 bits per heavy atom. The molecule has 1 saturated carbocycles. The molecule has 2 fully saturated rings. The molecule has 3 nitrogen and oxygen atoms in total. The summed E-state index contributed by atoms with van der Waals surface area (Å²) in [5, 5.41) is 3.62. The Morgan fingerprint density at radius 3 is 2.75 bits per heavy atom. The monoisotopic (exact) mass is 170 g/mol. The SMILES string of the molecule is CC1OCCC1(CN)NC1CC1. The van der Waals surface area contributed by atoms with Gasteiger partial charge in [-0.15, -0.1) is 0 Å². The van der Waals surface area contributed by atoms with Crippen LogP contribution in [0.3, 0.4) is 0 Å². The first-order chi connectivity index (χ1) is 5.77. The third-order valence-corrected chi connectivity index (χ3v) is 3.13. The molecular weight excluding hydrogens is 152 g/mol. The molecule has 0 aromatic rings. The van der Waals surface area contributed by atoms with Crippen LogP contribution in [0.2, 0.25) is 0 Å². The summed E-state index contributed by atoms with van der Waals surface area (Å²) in [7, 11) is 0. The highest BCUT2D eigenvalue weighted by atomic mass is 16.5. The Bertz CT molecular complexity index is 170. The highest BCUT2D eigenvalue weighted by Gasteiger charge is 2.43. The molecule has 2 atom stereocenters. The molecule has 2 rings (SSSR count). The van der Waals surface area contributed by atoms with Crippen molar-refractivity contribution in [1.29, 1.82) is 0 Å². The molecule has 3 N–H and O–H groups in total. The molecule has 0 spiro atoms. The molecule has 12 heavy (non-hydrogen) atoms. The Hall–Kier alpha value is -0.120. The van der Waals surface area contributed by atoms with Crippen LogP contribution < -0.4 is 11.1 Å². The summed E-state index contributed by atoms with van der Waals surface area (Å²) in [6, 6.07) is 0.720. The van der Waals surface area contributed by atoms with Gasteiger partial charge in [-0.25, -0.2) is 0 Å². The highest BCUT2D eigenvalue weighted by Crippen LogP contribution is 2.30. The van der Waals surface area contributed by atoms with Crippen molar-refractivity contribution in [3.8, 4) is 0 Å². The van der Waals surface area contributed by atoms with Crippen molar-refractivity contribution in [1.82, 2.24) is 5.32 Å². The van der Waals surface area contributed by atoms with Crippen LogP contribution in [0.1, 0.15) is 26.2 Å². The number of hydrogen-bond donors (Lipinski definition) is 2. The molecule has 0 amide bonds. The minimum Gasteiger partial charge on any atom is -0.376 e. The van der Waals surface area contributed by atoms with E-state index >= 15 is 0 Å². The Kier molecular flexibility index (Phi) is 2.10. The fourth-order valence-electron chi connectivity index (χ4n) is 1.93. The number of nitrogens with one attached hydrogen (secondary N) is 1. The first-order valence-corrected chi connectivity index (χ1v) is 4.86. The maximum absolute atomic E-state index is 5.79. The zero-order valence-corrected chi connectivity index (χ0v) is 7.68. The summed E-state index contributed by atoms with van der Waals surface area (Å²) in [5.74, 6) is 0. The standard InChI is InChI=1S/C9H18N2O/c1-7-9(6-10,4-5-12-7)11-8-2-3-8/h7-8,11H,2-6,10H2,1H3. The van der Waals surface area contributed by atoms with Crippen LogP contribution in [-0.2, 0) is 4.74 Å². The van der Waals surface area contributed by atoms with Crippen molar-refractivity contribution in [2.45, 2.75) is 43.9 Å². The second kappa shape index (κ2) is 2.98. The minimum atomic E-state index is 0.0845. The van der Waals surface area contributed by atoms with Crippen molar-refractivity contribution in [2.75, 3.05) is 13.2 Å². The van der Waals surface area contributed by atoms with Crippen LogP contribution in [0, 0.1) is 0 Å². The number of rotatable bonds is 3. The lowest BCUT2D eigenvalue weighted by atomic mass is 9.92. The summed E-state index contributed by atoms with van der Waals surface area (Å²) in [6.07, 6.45) is 3.98. The van der Waals surface area contributed by atoms with Gasteiger partial charge in [0.05, 0.1) is 11.6 Å². The van der Waals surface area contributed by atoms with E-state index in [9.17, 15) is 0 Å². The summed E-state index contributed by atoms with van der Waals surface area (Å²) >= 11 is 0. The van der Waals surface area contributed by atoms with Crippen LogP contribution in [0.15, 0.2) is 0 Å². The van der Waals surface area contributed by atoms with Gasteiger partial charge >= 0.3 is 0 Å². The first kappa shape index (κ1) is 8.48. The van der Waals surface area contributed by atoms with E-state index in [1.165, 1.54) is 12.8 Å². The second-order valence-electron chi connectivity index (χ2n) is 4.04. The average Bonchev–Trinajstić information content (AvgIpc) is 2.79. The third-order valence-electron chi connectivity index (χ3n) is 3.13. The van der Waals surface area contributed by atoms with Gasteiger partial charge in [0, 0.05) is 19.2 Å². The lowest BCUT2D eigenvalue weighted by Crippen LogP contribution is -2.56. The van der Waals surface area contributed by atoms with Crippen molar-refractivity contribution < 1.29 is 4.74 Å². The van der Waals surface area contributed by atoms with Crippen molar-refractivity contribution >= 4 is 0 Å². The fourth-order valence-corrected chi connectivity index (χ4v) is 1.93. The van der Waals surface area contributed by atoms with Crippen molar-refractivity contribution in [3.05, 3.63) is 0 Å². The molecule has 3 heteroatoms. The normalized spacial score (nSPS) is 42.0. The average molecular weight is 170 g/mol. The highest BCUT2D eigenvalue weighted by molar-refractivity contribution is 5.02. The second-order valence-corrected chi connectivity index (χ2v) is 4.04. The van der Waals surface area contributed by atoms with Gasteiger partial charge < -0.3 is 15.8 Å². The fraction of sp³-hybridized carbons (Fsp3) is 1.00. The van der Waals surface area contributed by atoms with Gasteiger partial charge in [0.25, 0.3) is 0 Å². The van der Waals surface area contributed by atoms with Gasteiger partial charge in [-0.2, -0.15) is 0 Å². The van der Waals surface area contributed by atoms with Crippen LogP contribution in [0.5, 0.6) is 0 Å². The molecule has 70 valence electrons. The molecule has 2 aliphatic rings. The molecule has 1 heterocycles. The molecule has 0 aromatic carbocycles. The van der Waals surface area contributed by atoms with Crippen LogP contribution >= 0.6 is 0 Å². The lowest BCUT2D eigenvalue weighted by Gasteiger charge is -2.32. The van der Waals surface area contributed by atoms with Crippen LogP contribution in [0.25, 0.3) is 0 Å². The molecular formula is C9H18N2O. The van der Waals surface area contributed by atoms with Crippen molar-refractivity contribution in [2.24, 2.45) is 5.73 Å². The van der Waals surface area contributed by atoms with Crippen LogP contribution in [0.4, 0.5) is 0 Å². The smallest absolute Gasteiger partial charge is 0.0741 e. The minimum absolute atomic E-state index is 0.0845. The van der Waals surface area contributed by atoms with E-state index < -0.39 is 0 Å². The summed E-state index contributed by atoms with van der Waals surface area (Å²) in [4.78, 5) is 0. The van der Waals surface area contributed by atoms with Gasteiger partial charge in [0.2, 0.25) is 0 Å². The quantitative estimate of drug-likeness (QED) is 0.638. The van der Waals surface area contributed by atoms with E-state index in [-0.39, 0.29) is 11.6 Å². The number of ether oxygens (including phenoxy) is 1. The van der Waals surface area contributed by atoms with Gasteiger partial charge in [-0.05, 0) is 26.2 Å². The van der Waals surface area contributed by atoms with Crippen molar-refractivity contribution in [3.63, 3.8) is 0 Å². The Balaban J connectivity index is 2.00. The Labute approximate surface area is 73.7 Å². The summed E-state index contributed by atoms with van der Waals surface area (Å²) in [6.45, 7) is 3.68. The molecule has 1 aliphatic heterocycles. The molecule has 0 bridgehead atoms. The topological polar surface area (TPSA) is 47.3 Å². The van der Waals surface area contributed by atoms with Gasteiger partial charge in [-0.1, -0.05) is 0 Å². The zero-order chi connectivity index (χ0) is 8.60. The molecule has 0 radical (unpaired) electrons. The lowest BCUT2D eigenvalue weighted by molar-refractivity contribution is 0.0847. The van der Waals surface area contributed by atoms with E-state index in [4.69, 9.17) is 10.5 Å².